The summed E-state index contributed by atoms with van der Waals surface area (Å²) in [5.74, 6) is -0.00123. The standard InChI is InChI=1S/C22H25N3O3/c1-16-5-10-19-20(13-16)28-22(27)15-25(19)14-21(26)23-17-6-8-18(9-7-17)24-11-3-2-4-12-24/h5-10,13H,2-4,11-12,14-15H2,1H3,(H,23,26). The van der Waals surface area contributed by atoms with Gasteiger partial charge in [0.2, 0.25) is 5.91 Å². The van der Waals surface area contributed by atoms with E-state index >= 15 is 0 Å². The van der Waals surface area contributed by atoms with Crippen molar-refractivity contribution in [1.82, 2.24) is 0 Å². The van der Waals surface area contributed by atoms with Crippen molar-refractivity contribution < 1.29 is 14.3 Å². The number of hydrogen-bond donors (Lipinski definition) is 1. The largest absolute Gasteiger partial charge is 0.423 e. The smallest absolute Gasteiger partial charge is 0.331 e. The maximum Gasteiger partial charge on any atom is 0.331 e. The van der Waals surface area contributed by atoms with Crippen LogP contribution >= 0.6 is 0 Å². The number of carbonyl (C=O) groups is 2. The molecular formula is C22H25N3O3. The Balaban J connectivity index is 1.40. The van der Waals surface area contributed by atoms with Gasteiger partial charge in [0.25, 0.3) is 0 Å². The summed E-state index contributed by atoms with van der Waals surface area (Å²) in [6.45, 7) is 4.29. The molecule has 6 heteroatoms. The maximum atomic E-state index is 12.5. The Kier molecular flexibility index (Phi) is 5.19. The van der Waals surface area contributed by atoms with Crippen LogP contribution in [0.25, 0.3) is 0 Å². The number of fused-ring (bicyclic) bond motifs is 1. The van der Waals surface area contributed by atoms with Crippen LogP contribution in [0.4, 0.5) is 17.1 Å². The van der Waals surface area contributed by atoms with Crippen molar-refractivity contribution in [3.63, 3.8) is 0 Å². The van der Waals surface area contributed by atoms with Crippen molar-refractivity contribution >= 4 is 28.9 Å². The van der Waals surface area contributed by atoms with E-state index in [0.29, 0.717) is 5.75 Å². The summed E-state index contributed by atoms with van der Waals surface area (Å²) in [6, 6.07) is 13.6. The summed E-state index contributed by atoms with van der Waals surface area (Å²) in [6.07, 6.45) is 3.77. The average Bonchev–Trinajstić information content (AvgIpc) is 2.68. The predicted molar refractivity (Wildman–Crippen MR) is 110 cm³/mol. The first kappa shape index (κ1) is 18.3. The fraction of sp³-hybridized carbons (Fsp3) is 0.364. The number of benzene rings is 2. The van der Waals surface area contributed by atoms with Gasteiger partial charge in [0, 0.05) is 24.5 Å². The average molecular weight is 379 g/mol. The lowest BCUT2D eigenvalue weighted by atomic mass is 10.1. The van der Waals surface area contributed by atoms with Gasteiger partial charge in [-0.1, -0.05) is 6.07 Å². The van der Waals surface area contributed by atoms with Gasteiger partial charge in [0.05, 0.1) is 12.2 Å². The third-order valence-electron chi connectivity index (χ3n) is 5.21. The monoisotopic (exact) mass is 379 g/mol. The molecule has 28 heavy (non-hydrogen) atoms. The van der Waals surface area contributed by atoms with E-state index in [-0.39, 0.29) is 25.0 Å². The lowest BCUT2D eigenvalue weighted by Crippen LogP contribution is -2.41. The van der Waals surface area contributed by atoms with Gasteiger partial charge in [-0.15, -0.1) is 0 Å². The summed E-state index contributed by atoms with van der Waals surface area (Å²) in [5, 5.41) is 2.93. The van der Waals surface area contributed by atoms with Crippen LogP contribution < -0.4 is 19.9 Å². The van der Waals surface area contributed by atoms with Gasteiger partial charge in [-0.25, -0.2) is 4.79 Å². The first-order chi connectivity index (χ1) is 13.6. The van der Waals surface area contributed by atoms with Crippen LogP contribution in [0.2, 0.25) is 0 Å². The van der Waals surface area contributed by atoms with Crippen molar-refractivity contribution in [2.75, 3.05) is 41.3 Å². The van der Waals surface area contributed by atoms with E-state index in [2.05, 4.69) is 22.3 Å². The van der Waals surface area contributed by atoms with Crippen molar-refractivity contribution in [2.24, 2.45) is 0 Å². The quantitative estimate of drug-likeness (QED) is 0.652. The highest BCUT2D eigenvalue weighted by Crippen LogP contribution is 2.32. The number of carbonyl (C=O) groups excluding carboxylic acids is 2. The highest BCUT2D eigenvalue weighted by molar-refractivity contribution is 5.96. The summed E-state index contributed by atoms with van der Waals surface area (Å²) in [7, 11) is 0. The Morgan fingerprint density at radius 2 is 1.82 bits per heavy atom. The number of hydrogen-bond acceptors (Lipinski definition) is 5. The molecular weight excluding hydrogens is 354 g/mol. The second-order valence-electron chi connectivity index (χ2n) is 7.44. The highest BCUT2D eigenvalue weighted by atomic mass is 16.5. The molecule has 2 aromatic carbocycles. The molecule has 0 radical (unpaired) electrons. The highest BCUT2D eigenvalue weighted by Gasteiger charge is 2.25. The molecule has 0 saturated carbocycles. The normalized spacial score (nSPS) is 16.4. The van der Waals surface area contributed by atoms with E-state index in [1.165, 1.54) is 24.9 Å². The van der Waals surface area contributed by atoms with Crippen LogP contribution in [0, 0.1) is 6.92 Å². The molecule has 0 unspecified atom stereocenters. The molecule has 0 aromatic heterocycles. The fourth-order valence-electron chi connectivity index (χ4n) is 3.78. The Morgan fingerprint density at radius 1 is 1.07 bits per heavy atom. The molecule has 2 aliphatic rings. The minimum Gasteiger partial charge on any atom is -0.423 e. The molecule has 0 aliphatic carbocycles. The Morgan fingerprint density at radius 3 is 2.57 bits per heavy atom. The zero-order valence-electron chi connectivity index (χ0n) is 16.1. The van der Waals surface area contributed by atoms with E-state index < -0.39 is 0 Å². The van der Waals surface area contributed by atoms with Crippen LogP contribution in [-0.4, -0.2) is 38.1 Å². The number of nitrogens with zero attached hydrogens (tertiary/aromatic N) is 2. The zero-order valence-corrected chi connectivity index (χ0v) is 16.1. The van der Waals surface area contributed by atoms with Gasteiger partial charge in [0.15, 0.2) is 5.75 Å². The van der Waals surface area contributed by atoms with Crippen LogP contribution in [0.15, 0.2) is 42.5 Å². The number of piperidine rings is 1. The summed E-state index contributed by atoms with van der Waals surface area (Å²) in [4.78, 5) is 28.5. The van der Waals surface area contributed by atoms with E-state index in [1.54, 1.807) is 4.90 Å². The van der Waals surface area contributed by atoms with Gasteiger partial charge in [-0.05, 0) is 68.1 Å². The van der Waals surface area contributed by atoms with E-state index in [4.69, 9.17) is 4.74 Å². The lowest BCUT2D eigenvalue weighted by Gasteiger charge is -2.29. The molecule has 4 rings (SSSR count). The number of rotatable bonds is 4. The van der Waals surface area contributed by atoms with Crippen molar-refractivity contribution in [3.8, 4) is 5.75 Å². The van der Waals surface area contributed by atoms with E-state index in [9.17, 15) is 9.59 Å². The second kappa shape index (κ2) is 7.92. The van der Waals surface area contributed by atoms with Crippen LogP contribution in [0.1, 0.15) is 24.8 Å². The zero-order chi connectivity index (χ0) is 19.5. The van der Waals surface area contributed by atoms with Gasteiger partial charge in [-0.3, -0.25) is 4.79 Å². The molecule has 0 bridgehead atoms. The summed E-state index contributed by atoms with van der Waals surface area (Å²) >= 11 is 0. The molecule has 2 aromatic rings. The van der Waals surface area contributed by atoms with Gasteiger partial charge >= 0.3 is 5.97 Å². The molecule has 1 saturated heterocycles. The molecule has 2 heterocycles. The number of anilines is 3. The SMILES string of the molecule is Cc1ccc2c(c1)OC(=O)CN2CC(=O)Nc1ccc(N2CCCCC2)cc1. The summed E-state index contributed by atoms with van der Waals surface area (Å²) in [5.41, 5.74) is 3.72. The molecule has 146 valence electrons. The fourth-order valence-corrected chi connectivity index (χ4v) is 3.78. The van der Waals surface area contributed by atoms with Crippen LogP contribution in [-0.2, 0) is 9.59 Å². The van der Waals surface area contributed by atoms with E-state index in [0.717, 1.165) is 30.0 Å². The Bertz CT molecular complexity index is 873. The van der Waals surface area contributed by atoms with Gasteiger partial charge < -0.3 is 19.9 Å². The van der Waals surface area contributed by atoms with Crippen molar-refractivity contribution in [2.45, 2.75) is 26.2 Å². The number of aryl methyl sites for hydroxylation is 1. The predicted octanol–water partition coefficient (Wildman–Crippen LogP) is 3.35. The topological polar surface area (TPSA) is 61.9 Å². The first-order valence-electron chi connectivity index (χ1n) is 9.80. The second-order valence-corrected chi connectivity index (χ2v) is 7.44. The Labute approximate surface area is 165 Å². The van der Waals surface area contributed by atoms with Crippen LogP contribution in [0.3, 0.4) is 0 Å². The molecule has 2 aliphatic heterocycles. The number of amides is 1. The first-order valence-corrected chi connectivity index (χ1v) is 9.80. The number of nitrogens with one attached hydrogen (secondary N) is 1. The minimum absolute atomic E-state index is 0.0668. The third-order valence-corrected chi connectivity index (χ3v) is 5.21. The minimum atomic E-state index is -0.350. The molecule has 6 nitrogen and oxygen atoms in total. The molecule has 1 N–H and O–H groups in total. The summed E-state index contributed by atoms with van der Waals surface area (Å²) < 4.78 is 5.30. The molecule has 0 atom stereocenters. The maximum absolute atomic E-state index is 12.5. The lowest BCUT2D eigenvalue weighted by molar-refractivity contribution is -0.133. The van der Waals surface area contributed by atoms with E-state index in [1.807, 2.05) is 37.3 Å². The molecule has 0 spiro atoms. The van der Waals surface area contributed by atoms with Crippen LogP contribution in [0.5, 0.6) is 5.75 Å². The van der Waals surface area contributed by atoms with Crippen molar-refractivity contribution in [1.29, 1.82) is 0 Å². The molecule has 1 fully saturated rings. The third kappa shape index (κ3) is 4.11. The van der Waals surface area contributed by atoms with Gasteiger partial charge in [0.1, 0.15) is 6.54 Å². The Hall–Kier alpha value is -3.02. The molecule has 1 amide bonds. The number of esters is 1. The number of ether oxygens (including phenoxy) is 1. The van der Waals surface area contributed by atoms with Crippen molar-refractivity contribution in [3.05, 3.63) is 48.0 Å². The van der Waals surface area contributed by atoms with Gasteiger partial charge in [-0.2, -0.15) is 0 Å².